The van der Waals surface area contributed by atoms with E-state index in [9.17, 15) is 0 Å². The molecule has 4 heteroatoms. The molecule has 106 valence electrons. The molecule has 1 heterocycles. The Morgan fingerprint density at radius 2 is 1.71 bits per heavy atom. The highest BCUT2D eigenvalue weighted by molar-refractivity contribution is 5.63. The Bertz CT molecular complexity index is 663. The largest absolute Gasteiger partial charge is 0.375 e. The molecule has 0 bridgehead atoms. The van der Waals surface area contributed by atoms with Gasteiger partial charge in [-0.1, -0.05) is 54.6 Å². The molecule has 0 amide bonds. The van der Waals surface area contributed by atoms with Crippen molar-refractivity contribution in [3.63, 3.8) is 0 Å². The topological polar surface area (TPSA) is 39.9 Å². The Morgan fingerprint density at radius 3 is 2.33 bits per heavy atom. The lowest BCUT2D eigenvalue weighted by molar-refractivity contribution is 0.0845. The number of nitrogens with zero attached hydrogens (tertiary/aromatic N) is 3. The van der Waals surface area contributed by atoms with Crippen LogP contribution in [0.3, 0.4) is 0 Å². The van der Waals surface area contributed by atoms with Crippen molar-refractivity contribution in [2.24, 2.45) is 0 Å². The van der Waals surface area contributed by atoms with Gasteiger partial charge in [0.15, 0.2) is 0 Å². The van der Waals surface area contributed by atoms with Gasteiger partial charge < -0.3 is 4.74 Å². The van der Waals surface area contributed by atoms with Crippen molar-refractivity contribution in [1.29, 1.82) is 0 Å². The van der Waals surface area contributed by atoms with Crippen LogP contribution in [0, 0.1) is 0 Å². The summed E-state index contributed by atoms with van der Waals surface area (Å²) in [5.74, 6) is 0. The molecule has 3 rings (SSSR count). The lowest BCUT2D eigenvalue weighted by atomic mass is 10.0. The molecule has 1 atom stereocenters. The summed E-state index contributed by atoms with van der Waals surface area (Å²) in [5, 5.41) is 4.12. The summed E-state index contributed by atoms with van der Waals surface area (Å²) in [7, 11) is 1.71. The zero-order valence-corrected chi connectivity index (χ0v) is 11.9. The Labute approximate surface area is 124 Å². The van der Waals surface area contributed by atoms with Gasteiger partial charge in [0.1, 0.15) is 18.8 Å². The zero-order chi connectivity index (χ0) is 14.5. The Balaban J connectivity index is 1.79. The maximum atomic E-state index is 5.57. The van der Waals surface area contributed by atoms with E-state index in [4.69, 9.17) is 4.74 Å². The molecular formula is C17H17N3O. The summed E-state index contributed by atoms with van der Waals surface area (Å²) in [4.78, 5) is 3.95. The molecule has 0 aliphatic rings. The first kappa shape index (κ1) is 13.5. The third kappa shape index (κ3) is 3.17. The predicted octanol–water partition coefficient (Wildman–Crippen LogP) is 3.33. The Kier molecular flexibility index (Phi) is 4.07. The minimum atomic E-state index is -0.0310. The van der Waals surface area contributed by atoms with Crippen molar-refractivity contribution >= 4 is 0 Å². The van der Waals surface area contributed by atoms with Crippen LogP contribution in [0.4, 0.5) is 0 Å². The molecule has 1 unspecified atom stereocenters. The van der Waals surface area contributed by atoms with Gasteiger partial charge >= 0.3 is 0 Å². The van der Waals surface area contributed by atoms with Crippen molar-refractivity contribution < 1.29 is 4.74 Å². The fourth-order valence-corrected chi connectivity index (χ4v) is 2.33. The molecule has 0 N–H and O–H groups in total. The number of rotatable bonds is 5. The minimum Gasteiger partial charge on any atom is -0.375 e. The zero-order valence-electron chi connectivity index (χ0n) is 11.9. The van der Waals surface area contributed by atoms with Gasteiger partial charge in [0.25, 0.3) is 0 Å². The summed E-state index contributed by atoms with van der Waals surface area (Å²) >= 11 is 0. The van der Waals surface area contributed by atoms with Crippen LogP contribution in [0.15, 0.2) is 67.3 Å². The lowest BCUT2D eigenvalue weighted by Crippen LogP contribution is -2.11. The second-order valence-corrected chi connectivity index (χ2v) is 4.83. The van der Waals surface area contributed by atoms with Crippen LogP contribution >= 0.6 is 0 Å². The normalized spacial score (nSPS) is 12.2. The highest BCUT2D eigenvalue weighted by Gasteiger charge is 2.11. The van der Waals surface area contributed by atoms with Crippen LogP contribution < -0.4 is 0 Å². The van der Waals surface area contributed by atoms with Gasteiger partial charge in [-0.2, -0.15) is 5.10 Å². The van der Waals surface area contributed by atoms with E-state index >= 15 is 0 Å². The van der Waals surface area contributed by atoms with Crippen molar-refractivity contribution in [3.05, 3.63) is 72.8 Å². The number of benzene rings is 2. The molecule has 0 fully saturated rings. The van der Waals surface area contributed by atoms with Crippen LogP contribution in [0.2, 0.25) is 0 Å². The van der Waals surface area contributed by atoms with Gasteiger partial charge in [-0.25, -0.2) is 4.98 Å². The molecule has 0 saturated heterocycles. The van der Waals surface area contributed by atoms with Crippen LogP contribution in [-0.4, -0.2) is 21.9 Å². The SMILES string of the molecule is COC(Cn1cncn1)c1ccc(-c2ccccc2)cc1. The molecule has 0 radical (unpaired) electrons. The van der Waals surface area contributed by atoms with Crippen LogP contribution in [0.5, 0.6) is 0 Å². The average molecular weight is 279 g/mol. The molecule has 0 aliphatic carbocycles. The number of methoxy groups -OCH3 is 1. The molecular weight excluding hydrogens is 262 g/mol. The lowest BCUT2D eigenvalue weighted by Gasteiger charge is -2.16. The second kappa shape index (κ2) is 6.33. The van der Waals surface area contributed by atoms with Crippen molar-refractivity contribution in [1.82, 2.24) is 14.8 Å². The quantitative estimate of drug-likeness (QED) is 0.719. The monoisotopic (exact) mass is 279 g/mol. The summed E-state index contributed by atoms with van der Waals surface area (Å²) < 4.78 is 7.34. The summed E-state index contributed by atoms with van der Waals surface area (Å²) in [6.45, 7) is 0.654. The number of aromatic nitrogens is 3. The average Bonchev–Trinajstić information content (AvgIpc) is 3.07. The van der Waals surface area contributed by atoms with E-state index in [2.05, 4.69) is 46.5 Å². The molecule has 0 aliphatic heterocycles. The molecule has 21 heavy (non-hydrogen) atoms. The van der Waals surface area contributed by atoms with Crippen LogP contribution in [-0.2, 0) is 11.3 Å². The summed E-state index contributed by atoms with van der Waals surface area (Å²) in [6, 6.07) is 18.8. The Hall–Kier alpha value is -2.46. The first-order valence-electron chi connectivity index (χ1n) is 6.87. The molecule has 0 saturated carbocycles. The van der Waals surface area contributed by atoms with Gasteiger partial charge in [0.05, 0.1) is 6.54 Å². The van der Waals surface area contributed by atoms with Crippen molar-refractivity contribution in [2.45, 2.75) is 12.6 Å². The minimum absolute atomic E-state index is 0.0310. The van der Waals surface area contributed by atoms with E-state index < -0.39 is 0 Å². The standard InChI is InChI=1S/C17H17N3O/c1-21-17(11-20-13-18-12-19-20)16-9-7-15(8-10-16)14-5-3-2-4-6-14/h2-10,12-13,17H,11H2,1H3. The number of ether oxygens (including phenoxy) is 1. The highest BCUT2D eigenvalue weighted by Crippen LogP contribution is 2.24. The number of hydrogen-bond acceptors (Lipinski definition) is 3. The van der Waals surface area contributed by atoms with E-state index in [1.54, 1.807) is 18.1 Å². The number of hydrogen-bond donors (Lipinski definition) is 0. The van der Waals surface area contributed by atoms with Gasteiger partial charge in [-0.05, 0) is 16.7 Å². The first-order chi connectivity index (χ1) is 10.4. The van der Waals surface area contributed by atoms with E-state index in [0.29, 0.717) is 6.54 Å². The van der Waals surface area contributed by atoms with E-state index in [0.717, 1.165) is 5.56 Å². The van der Waals surface area contributed by atoms with Crippen molar-refractivity contribution in [3.8, 4) is 11.1 Å². The van der Waals surface area contributed by atoms with Crippen LogP contribution in [0.1, 0.15) is 11.7 Å². The van der Waals surface area contributed by atoms with Crippen molar-refractivity contribution in [2.75, 3.05) is 7.11 Å². The van der Waals surface area contributed by atoms with Gasteiger partial charge in [0.2, 0.25) is 0 Å². The summed E-state index contributed by atoms with van der Waals surface area (Å²) in [5.41, 5.74) is 3.55. The maximum Gasteiger partial charge on any atom is 0.137 e. The Morgan fingerprint density at radius 1 is 1.00 bits per heavy atom. The molecule has 4 nitrogen and oxygen atoms in total. The van der Waals surface area contributed by atoms with Gasteiger partial charge in [-0.15, -0.1) is 0 Å². The smallest absolute Gasteiger partial charge is 0.137 e. The third-order valence-corrected chi connectivity index (χ3v) is 3.49. The highest BCUT2D eigenvalue weighted by atomic mass is 16.5. The second-order valence-electron chi connectivity index (χ2n) is 4.83. The molecule has 0 spiro atoms. The first-order valence-corrected chi connectivity index (χ1v) is 6.87. The van der Waals surface area contributed by atoms with Gasteiger partial charge in [-0.3, -0.25) is 4.68 Å². The predicted molar refractivity (Wildman–Crippen MR) is 81.7 cm³/mol. The third-order valence-electron chi connectivity index (χ3n) is 3.49. The van der Waals surface area contributed by atoms with Crippen LogP contribution in [0.25, 0.3) is 11.1 Å². The van der Waals surface area contributed by atoms with E-state index in [-0.39, 0.29) is 6.10 Å². The van der Waals surface area contributed by atoms with Gasteiger partial charge in [0, 0.05) is 7.11 Å². The maximum absolute atomic E-state index is 5.57. The molecule has 1 aromatic heterocycles. The summed E-state index contributed by atoms with van der Waals surface area (Å²) in [6.07, 6.45) is 3.20. The molecule has 3 aromatic rings. The van der Waals surface area contributed by atoms with E-state index in [1.807, 2.05) is 18.2 Å². The molecule has 2 aromatic carbocycles. The fraction of sp³-hybridized carbons (Fsp3) is 0.176. The van der Waals surface area contributed by atoms with E-state index in [1.165, 1.54) is 17.5 Å². The fourth-order valence-electron chi connectivity index (χ4n) is 2.33.